The van der Waals surface area contributed by atoms with E-state index in [4.69, 9.17) is 32.4 Å². The zero-order valence-electron chi connectivity index (χ0n) is 17.5. The van der Waals surface area contributed by atoms with Crippen molar-refractivity contribution in [1.29, 1.82) is 5.26 Å². The summed E-state index contributed by atoms with van der Waals surface area (Å²) in [5, 5.41) is 15.5. The summed E-state index contributed by atoms with van der Waals surface area (Å²) < 4.78 is 10.8. The van der Waals surface area contributed by atoms with Crippen molar-refractivity contribution in [1.82, 2.24) is 5.32 Å². The number of nitrogens with one attached hydrogen (secondary N) is 2. The number of hydrogen-bond donors (Lipinski definition) is 2. The van der Waals surface area contributed by atoms with Crippen LogP contribution in [-0.4, -0.2) is 18.5 Å². The summed E-state index contributed by atoms with van der Waals surface area (Å²) in [5.41, 5.74) is 1.15. The maximum Gasteiger partial charge on any atom is 0.345 e. The predicted octanol–water partition coefficient (Wildman–Crippen LogP) is 5.73. The first-order chi connectivity index (χ1) is 15.9. The number of carbonyl (C=O) groups excluding carboxylic acids is 2. The highest BCUT2D eigenvalue weighted by molar-refractivity contribution is 6.35. The van der Waals surface area contributed by atoms with Gasteiger partial charge in [0.1, 0.15) is 22.2 Å². The molecule has 168 valence electrons. The number of benzene rings is 2. The fraction of sp³-hybridized carbons (Fsp3) is 0.125. The van der Waals surface area contributed by atoms with Gasteiger partial charge in [-0.2, -0.15) is 5.26 Å². The van der Waals surface area contributed by atoms with Gasteiger partial charge in [0.05, 0.1) is 6.61 Å². The molecule has 33 heavy (non-hydrogen) atoms. The van der Waals surface area contributed by atoms with Gasteiger partial charge in [-0.15, -0.1) is 0 Å². The van der Waals surface area contributed by atoms with Crippen LogP contribution in [0.2, 0.25) is 10.0 Å². The SMILES string of the molecule is CCOC(=O)c1c(Nc2ccc(Cl)cc2)oc(/C=C(\C#N)C(=O)NCc2ccccc2)c1Cl. The molecule has 0 saturated carbocycles. The molecule has 0 aliphatic carbocycles. The van der Waals surface area contributed by atoms with Gasteiger partial charge in [-0.1, -0.05) is 53.5 Å². The molecule has 0 saturated heterocycles. The molecule has 0 aliphatic heterocycles. The molecule has 7 nitrogen and oxygen atoms in total. The molecule has 1 amide bonds. The van der Waals surface area contributed by atoms with E-state index in [2.05, 4.69) is 10.6 Å². The van der Waals surface area contributed by atoms with Crippen LogP contribution < -0.4 is 10.6 Å². The highest BCUT2D eigenvalue weighted by Crippen LogP contribution is 2.36. The minimum absolute atomic E-state index is 0.00834. The number of nitriles is 1. The summed E-state index contributed by atoms with van der Waals surface area (Å²) >= 11 is 12.3. The molecule has 3 aromatic rings. The van der Waals surface area contributed by atoms with Crippen LogP contribution in [0.4, 0.5) is 11.6 Å². The minimum atomic E-state index is -0.714. The molecule has 1 heterocycles. The van der Waals surface area contributed by atoms with Crippen molar-refractivity contribution < 1.29 is 18.7 Å². The van der Waals surface area contributed by atoms with Crippen LogP contribution in [0.15, 0.2) is 64.6 Å². The van der Waals surface area contributed by atoms with Crippen LogP contribution in [0.1, 0.15) is 28.6 Å². The molecule has 0 spiro atoms. The van der Waals surface area contributed by atoms with E-state index in [0.29, 0.717) is 10.7 Å². The van der Waals surface area contributed by atoms with Crippen molar-refractivity contribution in [2.45, 2.75) is 13.5 Å². The molecule has 0 aliphatic rings. The standard InChI is InChI=1S/C24H19Cl2N3O4/c1-2-32-24(31)20-21(26)19(33-23(20)29-18-10-8-17(25)9-11-18)12-16(13-27)22(30)28-14-15-6-4-3-5-7-15/h3-12,29H,2,14H2,1H3,(H,28,30)/b16-12+. The Labute approximate surface area is 200 Å². The largest absolute Gasteiger partial charge is 0.462 e. The quantitative estimate of drug-likeness (QED) is 0.240. The number of rotatable bonds is 8. The molecule has 0 radical (unpaired) electrons. The van der Waals surface area contributed by atoms with Crippen LogP contribution in [0.5, 0.6) is 0 Å². The number of esters is 1. The predicted molar refractivity (Wildman–Crippen MR) is 126 cm³/mol. The second-order valence-electron chi connectivity index (χ2n) is 6.67. The van der Waals surface area contributed by atoms with Crippen molar-refractivity contribution in [3.05, 3.63) is 87.1 Å². The minimum Gasteiger partial charge on any atom is -0.462 e. The molecule has 2 aromatic carbocycles. The van der Waals surface area contributed by atoms with E-state index < -0.39 is 11.9 Å². The van der Waals surface area contributed by atoms with Gasteiger partial charge in [0.25, 0.3) is 5.91 Å². The van der Waals surface area contributed by atoms with Gasteiger partial charge in [-0.3, -0.25) is 4.79 Å². The second-order valence-corrected chi connectivity index (χ2v) is 7.49. The summed E-state index contributed by atoms with van der Waals surface area (Å²) in [5.74, 6) is -1.36. The second kappa shape index (κ2) is 11.2. The fourth-order valence-corrected chi connectivity index (χ4v) is 3.19. The Kier molecular flexibility index (Phi) is 8.14. The molecule has 3 rings (SSSR count). The summed E-state index contributed by atoms with van der Waals surface area (Å²) in [6.07, 6.45) is 1.18. The summed E-state index contributed by atoms with van der Waals surface area (Å²) in [6.45, 7) is 2.02. The van der Waals surface area contributed by atoms with Gasteiger partial charge in [-0.25, -0.2) is 4.79 Å². The summed E-state index contributed by atoms with van der Waals surface area (Å²) in [6, 6.07) is 17.8. The maximum atomic E-state index is 12.5. The van der Waals surface area contributed by atoms with Gasteiger partial charge in [0.15, 0.2) is 5.76 Å². The Morgan fingerprint density at radius 2 is 1.82 bits per heavy atom. The van der Waals surface area contributed by atoms with Crippen LogP contribution in [0.25, 0.3) is 6.08 Å². The smallest absolute Gasteiger partial charge is 0.345 e. The lowest BCUT2D eigenvalue weighted by Crippen LogP contribution is -2.23. The van der Waals surface area contributed by atoms with Crippen LogP contribution in [0.3, 0.4) is 0 Å². The lowest BCUT2D eigenvalue weighted by atomic mass is 10.2. The van der Waals surface area contributed by atoms with Gasteiger partial charge >= 0.3 is 5.97 Å². The van der Waals surface area contributed by atoms with Crippen LogP contribution in [0, 0.1) is 11.3 Å². The van der Waals surface area contributed by atoms with E-state index in [-0.39, 0.29) is 41.0 Å². The van der Waals surface area contributed by atoms with Crippen molar-refractivity contribution in [2.24, 2.45) is 0 Å². The number of furan rings is 1. The number of nitrogens with zero attached hydrogens (tertiary/aromatic N) is 1. The topological polar surface area (TPSA) is 104 Å². The highest BCUT2D eigenvalue weighted by Gasteiger charge is 2.26. The third-order valence-electron chi connectivity index (χ3n) is 4.39. The molecule has 1 aromatic heterocycles. The Morgan fingerprint density at radius 3 is 2.45 bits per heavy atom. The first kappa shape index (κ1) is 23.9. The number of hydrogen-bond acceptors (Lipinski definition) is 6. The monoisotopic (exact) mass is 483 g/mol. The summed E-state index contributed by atoms with van der Waals surface area (Å²) in [4.78, 5) is 25.0. The van der Waals surface area contributed by atoms with Crippen molar-refractivity contribution >= 4 is 52.7 Å². The molecule has 9 heteroatoms. The van der Waals surface area contributed by atoms with E-state index in [1.807, 2.05) is 36.4 Å². The number of anilines is 2. The molecule has 0 unspecified atom stereocenters. The third kappa shape index (κ3) is 6.16. The Hall–Kier alpha value is -3.73. The van der Waals surface area contributed by atoms with Gasteiger partial charge in [0, 0.05) is 23.3 Å². The first-order valence-corrected chi connectivity index (χ1v) is 10.6. The number of ether oxygens (including phenoxy) is 1. The summed E-state index contributed by atoms with van der Waals surface area (Å²) in [7, 11) is 0. The van der Waals surface area contributed by atoms with Crippen LogP contribution >= 0.6 is 23.2 Å². The van der Waals surface area contributed by atoms with E-state index in [1.54, 1.807) is 31.2 Å². The van der Waals surface area contributed by atoms with Crippen molar-refractivity contribution in [2.75, 3.05) is 11.9 Å². The third-order valence-corrected chi connectivity index (χ3v) is 5.02. The van der Waals surface area contributed by atoms with E-state index in [0.717, 1.165) is 5.56 Å². The molecule has 0 fully saturated rings. The number of amides is 1. The lowest BCUT2D eigenvalue weighted by molar-refractivity contribution is -0.117. The maximum absolute atomic E-state index is 12.5. The average molecular weight is 484 g/mol. The normalized spacial score (nSPS) is 10.9. The molecular formula is C24H19Cl2N3O4. The van der Waals surface area contributed by atoms with E-state index in [9.17, 15) is 14.9 Å². The number of carbonyl (C=O) groups is 2. The first-order valence-electron chi connectivity index (χ1n) is 9.88. The zero-order chi connectivity index (χ0) is 23.8. The molecule has 2 N–H and O–H groups in total. The van der Waals surface area contributed by atoms with Gasteiger partial charge in [-0.05, 0) is 36.8 Å². The zero-order valence-corrected chi connectivity index (χ0v) is 19.0. The Balaban J connectivity index is 1.90. The van der Waals surface area contributed by atoms with Gasteiger partial charge < -0.3 is 19.8 Å². The molecular weight excluding hydrogens is 465 g/mol. The molecule has 0 atom stereocenters. The number of halogens is 2. The van der Waals surface area contributed by atoms with Crippen LogP contribution in [-0.2, 0) is 16.1 Å². The van der Waals surface area contributed by atoms with E-state index in [1.165, 1.54) is 6.08 Å². The Morgan fingerprint density at radius 1 is 1.12 bits per heavy atom. The van der Waals surface area contributed by atoms with Gasteiger partial charge in [0.2, 0.25) is 5.88 Å². The van der Waals surface area contributed by atoms with Crippen molar-refractivity contribution in [3.8, 4) is 6.07 Å². The van der Waals surface area contributed by atoms with E-state index >= 15 is 0 Å². The van der Waals surface area contributed by atoms with Crippen molar-refractivity contribution in [3.63, 3.8) is 0 Å². The average Bonchev–Trinajstić information content (AvgIpc) is 3.12. The Bertz CT molecular complexity index is 1210. The molecule has 0 bridgehead atoms. The lowest BCUT2D eigenvalue weighted by Gasteiger charge is -2.06. The highest BCUT2D eigenvalue weighted by atomic mass is 35.5. The fourth-order valence-electron chi connectivity index (χ4n) is 2.81.